The molecule has 3 aromatic rings. The molecule has 4 N–H and O–H groups in total. The summed E-state index contributed by atoms with van der Waals surface area (Å²) >= 11 is 6.14. The predicted molar refractivity (Wildman–Crippen MR) is 160 cm³/mol. The van der Waals surface area contributed by atoms with E-state index >= 15 is 0 Å². The van der Waals surface area contributed by atoms with Crippen LogP contribution in [0.5, 0.6) is 5.75 Å². The Labute approximate surface area is 234 Å². The summed E-state index contributed by atoms with van der Waals surface area (Å²) < 4.78 is 5.46. The van der Waals surface area contributed by atoms with Crippen LogP contribution in [-0.4, -0.2) is 49.6 Å². The standard InChI is InChI=1S/C29H32ClN5O3Si/c1-18(31)35-26-14-11-22(38-2)15-24(26)28(20-7-9-21(30)10-8-20)34-25(29(35)32)16-27(36)33-17-19-5-12-23(13-6-19)39(3,4)37/h5-15,25,31-32,37H,16-17H2,1-4H3,(H,33,36)/t25-/m0/s1. The lowest BCUT2D eigenvalue weighted by Crippen LogP contribution is -2.42. The van der Waals surface area contributed by atoms with E-state index in [1.54, 1.807) is 38.3 Å². The van der Waals surface area contributed by atoms with Gasteiger partial charge in [-0.25, -0.2) is 0 Å². The molecule has 3 aromatic carbocycles. The number of benzene rings is 3. The van der Waals surface area contributed by atoms with Gasteiger partial charge in [0.05, 0.1) is 24.9 Å². The van der Waals surface area contributed by atoms with E-state index in [4.69, 9.17) is 32.1 Å². The number of methoxy groups -OCH3 is 1. The first kappa shape index (κ1) is 28.2. The van der Waals surface area contributed by atoms with Gasteiger partial charge in [-0.2, -0.15) is 0 Å². The van der Waals surface area contributed by atoms with Crippen molar-refractivity contribution in [1.29, 1.82) is 10.8 Å². The second kappa shape index (κ2) is 11.5. The number of amides is 1. The van der Waals surface area contributed by atoms with E-state index in [-0.39, 0.29) is 24.0 Å². The highest BCUT2D eigenvalue weighted by Crippen LogP contribution is 2.33. The van der Waals surface area contributed by atoms with Crippen LogP contribution in [0.15, 0.2) is 71.7 Å². The molecule has 1 aliphatic rings. The number of carbonyl (C=O) groups excluding carboxylic acids is 1. The second-order valence-electron chi connectivity index (χ2n) is 9.93. The molecule has 0 aliphatic carbocycles. The van der Waals surface area contributed by atoms with Crippen molar-refractivity contribution in [1.82, 2.24) is 5.32 Å². The fraction of sp³-hybridized carbons (Fsp3) is 0.241. The van der Waals surface area contributed by atoms with Gasteiger partial charge in [0.2, 0.25) is 14.2 Å². The molecular formula is C29H32ClN5O3Si. The molecular weight excluding hydrogens is 530 g/mol. The Morgan fingerprint density at radius 2 is 1.79 bits per heavy atom. The molecule has 1 amide bonds. The second-order valence-corrected chi connectivity index (χ2v) is 14.1. The first-order valence-corrected chi connectivity index (χ1v) is 15.8. The summed E-state index contributed by atoms with van der Waals surface area (Å²) in [6.07, 6.45) is -0.0699. The number of ether oxygens (including phenoxy) is 1. The SMILES string of the molecule is COc1ccc2c(c1)C(c1ccc(Cl)cc1)=N[C@@H](CC(=O)NCc1ccc([Si](C)(C)O)cc1)C(=N)N2C(C)=N. The van der Waals surface area contributed by atoms with Crippen molar-refractivity contribution in [3.05, 3.63) is 88.4 Å². The summed E-state index contributed by atoms with van der Waals surface area (Å²) in [5, 5.41) is 21.9. The van der Waals surface area contributed by atoms with Crippen LogP contribution < -0.4 is 20.1 Å². The fourth-order valence-corrected chi connectivity index (χ4v) is 5.52. The van der Waals surface area contributed by atoms with Crippen LogP contribution in [-0.2, 0) is 11.3 Å². The van der Waals surface area contributed by atoms with Crippen LogP contribution in [0.25, 0.3) is 0 Å². The smallest absolute Gasteiger partial charge is 0.222 e. The summed E-state index contributed by atoms with van der Waals surface area (Å²) in [6, 6.07) is 19.4. The Balaban J connectivity index is 1.66. The average molecular weight is 562 g/mol. The number of benzodiazepines with no additional fused rings is 1. The maximum absolute atomic E-state index is 13.1. The highest BCUT2D eigenvalue weighted by molar-refractivity contribution is 6.83. The zero-order valence-electron chi connectivity index (χ0n) is 22.4. The fourth-order valence-electron chi connectivity index (χ4n) is 4.41. The molecule has 1 heterocycles. The van der Waals surface area contributed by atoms with Crippen molar-refractivity contribution >= 4 is 54.1 Å². The third-order valence-corrected chi connectivity index (χ3v) is 8.52. The Hall–Kier alpha value is -3.79. The number of hydrogen-bond donors (Lipinski definition) is 4. The molecule has 0 aromatic heterocycles. The minimum absolute atomic E-state index is 0.0347. The zero-order valence-corrected chi connectivity index (χ0v) is 24.1. The van der Waals surface area contributed by atoms with E-state index < -0.39 is 14.4 Å². The van der Waals surface area contributed by atoms with Crippen molar-refractivity contribution < 1.29 is 14.3 Å². The van der Waals surface area contributed by atoms with Crippen molar-refractivity contribution in [3.8, 4) is 5.75 Å². The quantitative estimate of drug-likeness (QED) is 0.193. The van der Waals surface area contributed by atoms with Crippen molar-refractivity contribution in [2.45, 2.75) is 39.0 Å². The molecule has 0 unspecified atom stereocenters. The first-order valence-electron chi connectivity index (χ1n) is 12.5. The van der Waals surface area contributed by atoms with Crippen LogP contribution in [0.4, 0.5) is 5.69 Å². The summed E-state index contributed by atoms with van der Waals surface area (Å²) in [4.78, 5) is 29.8. The number of nitrogens with one attached hydrogen (secondary N) is 3. The Kier molecular flexibility index (Phi) is 8.34. The lowest BCUT2D eigenvalue weighted by molar-refractivity contribution is -0.121. The largest absolute Gasteiger partial charge is 0.497 e. The van der Waals surface area contributed by atoms with Gasteiger partial charge in [0.15, 0.2) is 0 Å². The normalized spacial score (nSPS) is 15.2. The van der Waals surface area contributed by atoms with E-state index in [2.05, 4.69) is 5.32 Å². The number of carbonyl (C=O) groups is 1. The number of nitrogens with zero attached hydrogens (tertiary/aromatic N) is 2. The van der Waals surface area contributed by atoms with Crippen LogP contribution in [0.1, 0.15) is 30.0 Å². The van der Waals surface area contributed by atoms with E-state index in [0.29, 0.717) is 34.3 Å². The third-order valence-electron chi connectivity index (χ3n) is 6.52. The Morgan fingerprint density at radius 1 is 1.13 bits per heavy atom. The van der Waals surface area contributed by atoms with Gasteiger partial charge in [-0.3, -0.25) is 25.5 Å². The number of hydrogen-bond acceptors (Lipinski definition) is 6. The molecule has 4 rings (SSSR count). The molecule has 1 atom stereocenters. The van der Waals surface area contributed by atoms with Crippen LogP contribution in [0.3, 0.4) is 0 Å². The molecule has 1 aliphatic heterocycles. The molecule has 8 nitrogen and oxygen atoms in total. The Bertz CT molecular complexity index is 1430. The van der Waals surface area contributed by atoms with Crippen molar-refractivity contribution in [3.63, 3.8) is 0 Å². The number of rotatable bonds is 7. The highest BCUT2D eigenvalue weighted by atomic mass is 35.5. The number of amidine groups is 2. The lowest BCUT2D eigenvalue weighted by Gasteiger charge is -2.26. The number of aliphatic imine (C=N–C) groups is 1. The van der Waals surface area contributed by atoms with Crippen LogP contribution in [0, 0.1) is 10.8 Å². The van der Waals surface area contributed by atoms with Crippen molar-refractivity contribution in [2.24, 2.45) is 4.99 Å². The molecule has 202 valence electrons. The van der Waals surface area contributed by atoms with Gasteiger partial charge in [0, 0.05) is 22.7 Å². The lowest BCUT2D eigenvalue weighted by atomic mass is 9.99. The molecule has 10 heteroatoms. The molecule has 0 radical (unpaired) electrons. The Morgan fingerprint density at radius 3 is 2.38 bits per heavy atom. The van der Waals surface area contributed by atoms with Gasteiger partial charge in [-0.15, -0.1) is 0 Å². The maximum Gasteiger partial charge on any atom is 0.222 e. The first-order chi connectivity index (χ1) is 18.5. The monoisotopic (exact) mass is 561 g/mol. The molecule has 0 spiro atoms. The molecule has 0 bridgehead atoms. The average Bonchev–Trinajstić information content (AvgIpc) is 3.01. The van der Waals surface area contributed by atoms with Gasteiger partial charge >= 0.3 is 0 Å². The van der Waals surface area contributed by atoms with E-state index in [1.807, 2.05) is 55.6 Å². The molecule has 0 fully saturated rings. The maximum atomic E-state index is 13.1. The number of halogens is 1. The third kappa shape index (κ3) is 6.44. The van der Waals surface area contributed by atoms with E-state index in [1.165, 1.54) is 4.90 Å². The minimum atomic E-state index is -2.39. The van der Waals surface area contributed by atoms with E-state index in [9.17, 15) is 9.59 Å². The van der Waals surface area contributed by atoms with E-state index in [0.717, 1.165) is 16.3 Å². The van der Waals surface area contributed by atoms with Gasteiger partial charge in [-0.1, -0.05) is 48.0 Å². The van der Waals surface area contributed by atoms with Gasteiger partial charge in [0.25, 0.3) is 0 Å². The van der Waals surface area contributed by atoms with Crippen molar-refractivity contribution in [2.75, 3.05) is 12.0 Å². The van der Waals surface area contributed by atoms with Gasteiger partial charge in [0.1, 0.15) is 23.5 Å². The van der Waals surface area contributed by atoms with Gasteiger partial charge < -0.3 is 14.8 Å². The summed E-state index contributed by atoms with van der Waals surface area (Å²) in [5.41, 5.74) is 3.56. The van der Waals surface area contributed by atoms with Gasteiger partial charge in [-0.05, 0) is 61.1 Å². The summed E-state index contributed by atoms with van der Waals surface area (Å²) in [5.74, 6) is 0.516. The zero-order chi connectivity index (χ0) is 28.3. The number of anilines is 1. The minimum Gasteiger partial charge on any atom is -0.497 e. The highest BCUT2D eigenvalue weighted by Gasteiger charge is 2.32. The molecule has 0 saturated heterocycles. The molecule has 0 saturated carbocycles. The molecule has 39 heavy (non-hydrogen) atoms. The number of fused-ring (bicyclic) bond motifs is 1. The van der Waals surface area contributed by atoms with Crippen LogP contribution >= 0.6 is 11.6 Å². The van der Waals surface area contributed by atoms with Crippen LogP contribution in [0.2, 0.25) is 18.1 Å². The predicted octanol–water partition coefficient (Wildman–Crippen LogP) is 4.46. The summed E-state index contributed by atoms with van der Waals surface area (Å²) in [7, 11) is -0.817. The summed E-state index contributed by atoms with van der Waals surface area (Å²) in [6.45, 7) is 5.63. The topological polar surface area (TPSA) is 122 Å².